The number of nitrogens with zero attached hydrogens (tertiary/aromatic N) is 1. The van der Waals surface area contributed by atoms with Gasteiger partial charge in [-0.1, -0.05) is 29.8 Å². The maximum Gasteiger partial charge on any atom is 0.287 e. The zero-order chi connectivity index (χ0) is 15.7. The van der Waals surface area contributed by atoms with Crippen molar-refractivity contribution in [3.8, 4) is 0 Å². The summed E-state index contributed by atoms with van der Waals surface area (Å²) in [6, 6.07) is 10.7. The summed E-state index contributed by atoms with van der Waals surface area (Å²) in [7, 11) is 1.75. The van der Waals surface area contributed by atoms with Crippen molar-refractivity contribution < 1.29 is 9.59 Å². The highest BCUT2D eigenvalue weighted by molar-refractivity contribution is 6.38. The van der Waals surface area contributed by atoms with Gasteiger partial charge in [0.15, 0.2) is 0 Å². The standard InChI is InChI=1S/C15H13ClN4O2/c1-20-11-7-3-2-5-9(11)12(16)13(20)15(22)19-18-14(21)10-6-4-8-17-10/h2-8,17H,1H3,(H,18,21)(H,19,22). The molecule has 112 valence electrons. The molecule has 22 heavy (non-hydrogen) atoms. The number of aromatic amines is 1. The van der Waals surface area contributed by atoms with Crippen molar-refractivity contribution in [2.45, 2.75) is 0 Å². The number of H-pyrrole nitrogens is 1. The number of carbonyl (C=O) groups excluding carboxylic acids is 2. The van der Waals surface area contributed by atoms with Crippen LogP contribution in [-0.2, 0) is 7.05 Å². The van der Waals surface area contributed by atoms with Gasteiger partial charge in [0, 0.05) is 24.1 Å². The quantitative estimate of drug-likeness (QED) is 0.634. The van der Waals surface area contributed by atoms with Crippen LogP contribution < -0.4 is 10.9 Å². The lowest BCUT2D eigenvalue weighted by atomic mass is 10.2. The Balaban J connectivity index is 1.82. The van der Waals surface area contributed by atoms with Crippen molar-refractivity contribution in [2.75, 3.05) is 0 Å². The molecule has 0 unspecified atom stereocenters. The van der Waals surface area contributed by atoms with Gasteiger partial charge in [0.2, 0.25) is 0 Å². The molecular weight excluding hydrogens is 304 g/mol. The summed E-state index contributed by atoms with van der Waals surface area (Å²) >= 11 is 6.27. The van der Waals surface area contributed by atoms with E-state index in [9.17, 15) is 9.59 Å². The molecule has 3 aromatic rings. The molecule has 0 radical (unpaired) electrons. The molecule has 0 saturated heterocycles. The summed E-state index contributed by atoms with van der Waals surface area (Å²) in [5, 5.41) is 1.14. The number of para-hydroxylation sites is 1. The maximum absolute atomic E-state index is 12.3. The van der Waals surface area contributed by atoms with Crippen molar-refractivity contribution in [1.82, 2.24) is 20.4 Å². The summed E-state index contributed by atoms with van der Waals surface area (Å²) in [5.41, 5.74) is 6.18. The third-order valence-electron chi connectivity index (χ3n) is 3.39. The van der Waals surface area contributed by atoms with Crippen LogP contribution in [0.4, 0.5) is 0 Å². The Morgan fingerprint density at radius 2 is 1.82 bits per heavy atom. The van der Waals surface area contributed by atoms with Gasteiger partial charge in [0.25, 0.3) is 11.8 Å². The number of aryl methyl sites for hydroxylation is 1. The normalized spacial score (nSPS) is 10.6. The van der Waals surface area contributed by atoms with E-state index in [1.54, 1.807) is 29.9 Å². The number of nitrogens with one attached hydrogen (secondary N) is 3. The molecular formula is C15H13ClN4O2. The largest absolute Gasteiger partial charge is 0.357 e. The van der Waals surface area contributed by atoms with Crippen LogP contribution in [0, 0.1) is 0 Å². The monoisotopic (exact) mass is 316 g/mol. The van der Waals surface area contributed by atoms with Gasteiger partial charge in [-0.25, -0.2) is 0 Å². The van der Waals surface area contributed by atoms with E-state index in [0.717, 1.165) is 10.9 Å². The van der Waals surface area contributed by atoms with Crippen LogP contribution in [0.2, 0.25) is 5.02 Å². The molecule has 1 aromatic carbocycles. The first-order valence-corrected chi connectivity index (χ1v) is 6.94. The Labute approximate surface area is 131 Å². The van der Waals surface area contributed by atoms with Crippen molar-refractivity contribution in [3.05, 3.63) is 59.0 Å². The first-order chi connectivity index (χ1) is 10.6. The number of rotatable bonds is 2. The maximum atomic E-state index is 12.3. The number of benzene rings is 1. The molecule has 0 aliphatic heterocycles. The van der Waals surface area contributed by atoms with Crippen molar-refractivity contribution in [3.63, 3.8) is 0 Å². The lowest BCUT2D eigenvalue weighted by molar-refractivity contribution is 0.0840. The molecule has 0 aliphatic carbocycles. The second-order valence-electron chi connectivity index (χ2n) is 4.73. The fourth-order valence-corrected chi connectivity index (χ4v) is 2.68. The van der Waals surface area contributed by atoms with Crippen molar-refractivity contribution >= 4 is 34.3 Å². The predicted molar refractivity (Wildman–Crippen MR) is 83.7 cm³/mol. The smallest absolute Gasteiger partial charge is 0.287 e. The minimum absolute atomic E-state index is 0.287. The number of amides is 2. The fraction of sp³-hybridized carbons (Fsp3) is 0.0667. The van der Waals surface area contributed by atoms with Gasteiger partial charge in [-0.2, -0.15) is 0 Å². The van der Waals surface area contributed by atoms with Crippen LogP contribution in [0.25, 0.3) is 10.9 Å². The number of hydrogen-bond donors (Lipinski definition) is 3. The van der Waals surface area contributed by atoms with E-state index >= 15 is 0 Å². The Hall–Kier alpha value is -2.73. The van der Waals surface area contributed by atoms with E-state index in [1.807, 2.05) is 24.3 Å². The molecule has 2 aromatic heterocycles. The highest BCUT2D eigenvalue weighted by atomic mass is 35.5. The lowest BCUT2D eigenvalue weighted by Crippen LogP contribution is -2.42. The average Bonchev–Trinajstić information content (AvgIpc) is 3.14. The summed E-state index contributed by atoms with van der Waals surface area (Å²) < 4.78 is 1.69. The number of carbonyl (C=O) groups is 2. The molecule has 0 saturated carbocycles. The molecule has 3 N–H and O–H groups in total. The van der Waals surface area contributed by atoms with E-state index in [4.69, 9.17) is 11.6 Å². The molecule has 0 aliphatic rings. The van der Waals surface area contributed by atoms with E-state index in [1.165, 1.54) is 0 Å². The Morgan fingerprint density at radius 3 is 2.50 bits per heavy atom. The molecule has 6 nitrogen and oxygen atoms in total. The van der Waals surface area contributed by atoms with E-state index < -0.39 is 11.8 Å². The minimum atomic E-state index is -0.483. The topological polar surface area (TPSA) is 78.9 Å². The highest BCUT2D eigenvalue weighted by Crippen LogP contribution is 2.29. The fourth-order valence-electron chi connectivity index (χ4n) is 2.31. The lowest BCUT2D eigenvalue weighted by Gasteiger charge is -2.08. The minimum Gasteiger partial charge on any atom is -0.357 e. The van der Waals surface area contributed by atoms with Crippen molar-refractivity contribution in [1.29, 1.82) is 0 Å². The Morgan fingerprint density at radius 1 is 1.09 bits per heavy atom. The van der Waals surface area contributed by atoms with Crippen LogP contribution in [0.1, 0.15) is 21.0 Å². The van der Waals surface area contributed by atoms with Gasteiger partial charge in [-0.15, -0.1) is 0 Å². The van der Waals surface area contributed by atoms with Gasteiger partial charge < -0.3 is 9.55 Å². The van der Waals surface area contributed by atoms with Crippen LogP contribution in [0.5, 0.6) is 0 Å². The van der Waals surface area contributed by atoms with Gasteiger partial charge in [-0.05, 0) is 18.2 Å². The zero-order valence-electron chi connectivity index (χ0n) is 11.7. The number of fused-ring (bicyclic) bond motifs is 1. The van der Waals surface area contributed by atoms with E-state index in [-0.39, 0.29) is 5.69 Å². The first-order valence-electron chi connectivity index (χ1n) is 6.56. The summed E-state index contributed by atoms with van der Waals surface area (Å²) in [4.78, 5) is 26.8. The van der Waals surface area contributed by atoms with Gasteiger partial charge >= 0.3 is 0 Å². The Kier molecular flexibility index (Phi) is 3.60. The number of hydrogen-bond acceptors (Lipinski definition) is 2. The predicted octanol–water partition coefficient (Wildman–Crippen LogP) is 2.23. The third-order valence-corrected chi connectivity index (χ3v) is 3.78. The van der Waals surface area contributed by atoms with E-state index in [2.05, 4.69) is 15.8 Å². The summed E-state index contributed by atoms with van der Waals surface area (Å²) in [6.45, 7) is 0. The summed E-state index contributed by atoms with van der Waals surface area (Å²) in [5.74, 6) is -0.920. The zero-order valence-corrected chi connectivity index (χ0v) is 12.4. The SMILES string of the molecule is Cn1c(C(=O)NNC(=O)c2ccc[nH]2)c(Cl)c2ccccc21. The molecule has 3 rings (SSSR count). The number of aromatic nitrogens is 2. The van der Waals surface area contributed by atoms with Gasteiger partial charge in [-0.3, -0.25) is 20.4 Å². The molecule has 0 bridgehead atoms. The molecule has 2 amide bonds. The third kappa shape index (κ3) is 2.33. The Bertz CT molecular complexity index is 813. The van der Waals surface area contributed by atoms with E-state index in [0.29, 0.717) is 10.7 Å². The molecule has 7 heteroatoms. The van der Waals surface area contributed by atoms with Crippen LogP contribution >= 0.6 is 11.6 Å². The summed E-state index contributed by atoms with van der Waals surface area (Å²) in [6.07, 6.45) is 1.62. The average molecular weight is 317 g/mol. The second kappa shape index (κ2) is 5.57. The molecule has 2 heterocycles. The second-order valence-corrected chi connectivity index (χ2v) is 5.11. The molecule has 0 fully saturated rings. The van der Waals surface area contributed by atoms with Gasteiger partial charge in [0.1, 0.15) is 11.4 Å². The highest BCUT2D eigenvalue weighted by Gasteiger charge is 2.20. The molecule has 0 atom stereocenters. The number of halogens is 1. The molecule has 0 spiro atoms. The van der Waals surface area contributed by atoms with Crippen LogP contribution in [-0.4, -0.2) is 21.4 Å². The van der Waals surface area contributed by atoms with Crippen LogP contribution in [0.3, 0.4) is 0 Å². The first kappa shape index (κ1) is 14.2. The number of hydrazine groups is 1. The van der Waals surface area contributed by atoms with Crippen molar-refractivity contribution in [2.24, 2.45) is 7.05 Å². The van der Waals surface area contributed by atoms with Gasteiger partial charge in [0.05, 0.1) is 5.02 Å². The van der Waals surface area contributed by atoms with Crippen LogP contribution in [0.15, 0.2) is 42.6 Å².